The third-order valence-electron chi connectivity index (χ3n) is 4.40. The number of hydrogen-bond donors (Lipinski definition) is 1. The van der Waals surface area contributed by atoms with E-state index in [2.05, 4.69) is 0 Å². The van der Waals surface area contributed by atoms with Crippen LogP contribution in [0.25, 0.3) is 0 Å². The fourth-order valence-corrected chi connectivity index (χ4v) is 4.67. The summed E-state index contributed by atoms with van der Waals surface area (Å²) in [5, 5.41) is 10.1. The molecule has 0 heterocycles. The van der Waals surface area contributed by atoms with Crippen LogP contribution < -0.4 is 0 Å². The summed E-state index contributed by atoms with van der Waals surface area (Å²) in [6.07, 6.45) is 4.99. The van der Waals surface area contributed by atoms with E-state index in [0.717, 1.165) is 18.3 Å². The molecule has 3 saturated carbocycles. The molecule has 0 aromatic rings. The van der Waals surface area contributed by atoms with Crippen LogP contribution in [0.3, 0.4) is 0 Å². The molecule has 6 atom stereocenters. The van der Waals surface area contributed by atoms with E-state index >= 15 is 0 Å². The van der Waals surface area contributed by atoms with Gasteiger partial charge < -0.3 is 5.11 Å². The Hall–Kier alpha value is 0.250. The zero-order valence-corrected chi connectivity index (χ0v) is 7.87. The Balaban J connectivity index is 1.94. The van der Waals surface area contributed by atoms with Crippen molar-refractivity contribution < 1.29 is 5.11 Å². The number of alkyl halides is 1. The maximum absolute atomic E-state index is 9.75. The van der Waals surface area contributed by atoms with Gasteiger partial charge in [-0.3, -0.25) is 0 Å². The summed E-state index contributed by atoms with van der Waals surface area (Å²) >= 11 is 6.31. The van der Waals surface area contributed by atoms with Crippen LogP contribution in [0.1, 0.15) is 25.7 Å². The van der Waals surface area contributed by atoms with Gasteiger partial charge in [0.25, 0.3) is 0 Å². The molecule has 0 amide bonds. The normalized spacial score (nSPS) is 62.5. The van der Waals surface area contributed by atoms with Crippen molar-refractivity contribution in [3.05, 3.63) is 0 Å². The van der Waals surface area contributed by atoms with Crippen LogP contribution in [0, 0.1) is 23.7 Å². The highest BCUT2D eigenvalue weighted by Gasteiger charge is 2.58. The first kappa shape index (κ1) is 7.64. The van der Waals surface area contributed by atoms with E-state index < -0.39 is 0 Å². The highest BCUT2D eigenvalue weighted by molar-refractivity contribution is 6.21. The number of hydrogen-bond acceptors (Lipinski definition) is 1. The number of rotatable bonds is 0. The van der Waals surface area contributed by atoms with Crippen molar-refractivity contribution in [2.45, 2.75) is 37.2 Å². The summed E-state index contributed by atoms with van der Waals surface area (Å²) < 4.78 is 0. The van der Waals surface area contributed by atoms with Crippen LogP contribution in [-0.2, 0) is 0 Å². The average Bonchev–Trinajstić information content (AvgIpc) is 2.61. The summed E-state index contributed by atoms with van der Waals surface area (Å²) in [5.74, 6) is 2.76. The quantitative estimate of drug-likeness (QED) is 0.574. The van der Waals surface area contributed by atoms with Crippen molar-refractivity contribution in [2.75, 3.05) is 0 Å². The van der Waals surface area contributed by atoms with Gasteiger partial charge in [0.2, 0.25) is 0 Å². The minimum atomic E-state index is -0.0724. The van der Waals surface area contributed by atoms with Crippen LogP contribution in [0.5, 0.6) is 0 Å². The Labute approximate surface area is 78.1 Å². The van der Waals surface area contributed by atoms with Crippen molar-refractivity contribution >= 4 is 11.6 Å². The molecular formula is C10H15ClO. The smallest absolute Gasteiger partial charge is 0.0588 e. The average molecular weight is 187 g/mol. The maximum Gasteiger partial charge on any atom is 0.0588 e. The molecule has 0 radical (unpaired) electrons. The summed E-state index contributed by atoms with van der Waals surface area (Å²) in [7, 11) is 0. The first-order valence-corrected chi connectivity index (χ1v) is 5.55. The van der Waals surface area contributed by atoms with E-state index in [1.165, 1.54) is 19.3 Å². The third-order valence-corrected chi connectivity index (χ3v) is 5.02. The van der Waals surface area contributed by atoms with Crippen LogP contribution in [-0.4, -0.2) is 16.6 Å². The predicted octanol–water partition coefficient (Wildman–Crippen LogP) is 2.02. The lowest BCUT2D eigenvalue weighted by atomic mass is 9.80. The molecule has 2 heteroatoms. The van der Waals surface area contributed by atoms with Gasteiger partial charge >= 0.3 is 0 Å². The highest BCUT2D eigenvalue weighted by Crippen LogP contribution is 2.60. The van der Waals surface area contributed by atoms with Gasteiger partial charge in [-0.05, 0) is 37.0 Å². The van der Waals surface area contributed by atoms with Gasteiger partial charge in [-0.2, -0.15) is 0 Å². The first-order chi connectivity index (χ1) is 5.79. The van der Waals surface area contributed by atoms with E-state index in [4.69, 9.17) is 11.6 Å². The highest BCUT2D eigenvalue weighted by atomic mass is 35.5. The van der Waals surface area contributed by atoms with E-state index in [1.54, 1.807) is 0 Å². The molecule has 1 N–H and O–H groups in total. The Morgan fingerprint density at radius 2 is 1.83 bits per heavy atom. The monoisotopic (exact) mass is 186 g/mol. The zero-order chi connectivity index (χ0) is 8.29. The third kappa shape index (κ3) is 0.748. The fraction of sp³-hybridized carbons (Fsp3) is 1.00. The molecular weight excluding hydrogens is 172 g/mol. The number of aliphatic hydroxyl groups is 1. The van der Waals surface area contributed by atoms with E-state index in [0.29, 0.717) is 17.2 Å². The van der Waals surface area contributed by atoms with Crippen LogP contribution in [0.2, 0.25) is 0 Å². The van der Waals surface area contributed by atoms with Crippen molar-refractivity contribution in [2.24, 2.45) is 23.7 Å². The van der Waals surface area contributed by atoms with Crippen LogP contribution in [0.15, 0.2) is 0 Å². The van der Waals surface area contributed by atoms with Gasteiger partial charge in [-0.25, -0.2) is 0 Å². The topological polar surface area (TPSA) is 20.2 Å². The Morgan fingerprint density at radius 1 is 1.08 bits per heavy atom. The lowest BCUT2D eigenvalue weighted by molar-refractivity contribution is 0.0644. The second kappa shape index (κ2) is 2.39. The van der Waals surface area contributed by atoms with E-state index in [9.17, 15) is 5.11 Å². The summed E-state index contributed by atoms with van der Waals surface area (Å²) in [4.78, 5) is 0. The molecule has 1 nitrogen and oxygen atoms in total. The molecule has 0 saturated heterocycles. The molecule has 0 unspecified atom stereocenters. The Morgan fingerprint density at radius 3 is 2.67 bits per heavy atom. The molecule has 3 fully saturated rings. The van der Waals surface area contributed by atoms with Gasteiger partial charge in [0, 0.05) is 11.3 Å². The Kier molecular flexibility index (Phi) is 1.52. The predicted molar refractivity (Wildman–Crippen MR) is 48.1 cm³/mol. The number of halogens is 1. The van der Waals surface area contributed by atoms with Crippen molar-refractivity contribution in [1.82, 2.24) is 0 Å². The fourth-order valence-electron chi connectivity index (χ4n) is 4.02. The van der Waals surface area contributed by atoms with Crippen LogP contribution >= 0.6 is 11.6 Å². The lowest BCUT2D eigenvalue weighted by Gasteiger charge is -2.27. The first-order valence-electron chi connectivity index (χ1n) is 5.11. The molecule has 3 aliphatic rings. The molecule has 0 spiro atoms. The molecule has 12 heavy (non-hydrogen) atoms. The maximum atomic E-state index is 9.75. The summed E-state index contributed by atoms with van der Waals surface area (Å²) in [5.41, 5.74) is 0. The second-order valence-corrected chi connectivity index (χ2v) is 5.25. The zero-order valence-electron chi connectivity index (χ0n) is 7.12. The van der Waals surface area contributed by atoms with Gasteiger partial charge in [-0.15, -0.1) is 11.6 Å². The molecule has 3 aliphatic carbocycles. The van der Waals surface area contributed by atoms with Gasteiger partial charge in [-0.1, -0.05) is 6.42 Å². The SMILES string of the molecule is O[C@@H]1C[C@@H]2[C@H](Cl)[C@H]1[C@@H]1CCC[C@H]21. The van der Waals surface area contributed by atoms with E-state index in [1.807, 2.05) is 0 Å². The number of fused-ring (bicyclic) bond motifs is 5. The molecule has 68 valence electrons. The van der Waals surface area contributed by atoms with Crippen molar-refractivity contribution in [3.8, 4) is 0 Å². The second-order valence-electron chi connectivity index (χ2n) is 4.75. The minimum Gasteiger partial charge on any atom is -0.393 e. The lowest BCUT2D eigenvalue weighted by Crippen LogP contribution is -2.28. The van der Waals surface area contributed by atoms with Gasteiger partial charge in [0.1, 0.15) is 0 Å². The largest absolute Gasteiger partial charge is 0.393 e. The minimum absolute atomic E-state index is 0.0724. The standard InChI is InChI=1S/C10H15ClO/c11-10-7-4-8(12)9(10)6-3-1-2-5(6)7/h5-10,12H,1-4H2/t5-,6+,7-,8+,9-,10-/m0/s1. The molecule has 0 aliphatic heterocycles. The van der Waals surface area contributed by atoms with Crippen molar-refractivity contribution in [3.63, 3.8) is 0 Å². The molecule has 0 aromatic heterocycles. The van der Waals surface area contributed by atoms with Crippen LogP contribution in [0.4, 0.5) is 0 Å². The van der Waals surface area contributed by atoms with E-state index in [-0.39, 0.29) is 6.10 Å². The molecule has 0 aromatic carbocycles. The summed E-state index contributed by atoms with van der Waals surface area (Å²) in [6.45, 7) is 0. The summed E-state index contributed by atoms with van der Waals surface area (Å²) in [6, 6.07) is 0. The molecule has 2 bridgehead atoms. The Bertz CT molecular complexity index is 204. The van der Waals surface area contributed by atoms with Gasteiger partial charge in [0.05, 0.1) is 6.10 Å². The van der Waals surface area contributed by atoms with Gasteiger partial charge in [0.15, 0.2) is 0 Å². The number of aliphatic hydroxyl groups excluding tert-OH is 1. The molecule has 3 rings (SSSR count). The van der Waals surface area contributed by atoms with Crippen molar-refractivity contribution in [1.29, 1.82) is 0 Å².